The van der Waals surface area contributed by atoms with Crippen LogP contribution in [-0.4, -0.2) is 52.6 Å². The molecular weight excluding hydrogens is 214 g/mol. The first-order chi connectivity index (χ1) is 5.95. The molecule has 0 saturated heterocycles. The Morgan fingerprint density at radius 1 is 1.54 bits per heavy atom. The fourth-order valence-electron chi connectivity index (χ4n) is 0.756. The van der Waals surface area contributed by atoms with Crippen molar-refractivity contribution in [1.82, 2.24) is 5.32 Å². The number of ether oxygens (including phenoxy) is 1. The van der Waals surface area contributed by atoms with Gasteiger partial charge in [-0.1, -0.05) is 0 Å². The van der Waals surface area contributed by atoms with Crippen LogP contribution in [0.2, 0.25) is 0 Å². The Labute approximate surface area is 84.5 Å². The monoisotopic (exact) mass is 229 g/mol. The van der Waals surface area contributed by atoms with Crippen molar-refractivity contribution in [2.75, 3.05) is 38.8 Å². The van der Waals surface area contributed by atoms with Crippen LogP contribution >= 0.6 is 11.6 Å². The first-order valence-electron chi connectivity index (χ1n) is 3.97. The van der Waals surface area contributed by atoms with Crippen LogP contribution in [-0.2, 0) is 14.6 Å². The molecule has 1 N–H and O–H groups in total. The number of hydrogen-bond acceptors (Lipinski definition) is 4. The molecule has 0 radical (unpaired) electrons. The average Bonchev–Trinajstić information content (AvgIpc) is 1.97. The molecule has 6 heteroatoms. The molecule has 0 heterocycles. The number of rotatable bonds is 7. The van der Waals surface area contributed by atoms with Crippen molar-refractivity contribution in [3.63, 3.8) is 0 Å². The van der Waals surface area contributed by atoms with Crippen LogP contribution in [0.3, 0.4) is 0 Å². The summed E-state index contributed by atoms with van der Waals surface area (Å²) in [5, 5.41) is 2.83. The van der Waals surface area contributed by atoms with Crippen LogP contribution in [0.25, 0.3) is 0 Å². The third-order valence-electron chi connectivity index (χ3n) is 1.36. The lowest BCUT2D eigenvalue weighted by molar-refractivity contribution is 0.197. The molecule has 4 nitrogen and oxygen atoms in total. The van der Waals surface area contributed by atoms with Gasteiger partial charge < -0.3 is 10.1 Å². The zero-order valence-electron chi connectivity index (χ0n) is 7.92. The van der Waals surface area contributed by atoms with Gasteiger partial charge >= 0.3 is 0 Å². The molecular formula is C7H16ClNO3S. The largest absolute Gasteiger partial charge is 0.383 e. The zero-order chi connectivity index (χ0) is 10.3. The number of nitrogens with one attached hydrogen (secondary N) is 1. The Kier molecular flexibility index (Phi) is 6.67. The quantitative estimate of drug-likeness (QED) is 0.488. The highest BCUT2D eigenvalue weighted by molar-refractivity contribution is 7.90. The van der Waals surface area contributed by atoms with Crippen LogP contribution in [0.1, 0.15) is 0 Å². The minimum Gasteiger partial charge on any atom is -0.383 e. The molecule has 0 aliphatic carbocycles. The highest BCUT2D eigenvalue weighted by Crippen LogP contribution is 1.93. The molecule has 0 saturated carbocycles. The van der Waals surface area contributed by atoms with Gasteiger partial charge in [0.15, 0.2) is 0 Å². The maximum Gasteiger partial charge on any atom is 0.148 e. The van der Waals surface area contributed by atoms with Crippen molar-refractivity contribution in [2.24, 2.45) is 0 Å². The molecule has 0 rings (SSSR count). The maximum absolute atomic E-state index is 10.7. The topological polar surface area (TPSA) is 55.4 Å². The first-order valence-corrected chi connectivity index (χ1v) is 6.47. The third-order valence-corrected chi connectivity index (χ3v) is 2.59. The highest BCUT2D eigenvalue weighted by Gasteiger charge is 2.04. The van der Waals surface area contributed by atoms with Crippen molar-refractivity contribution in [3.05, 3.63) is 0 Å². The Morgan fingerprint density at radius 2 is 2.15 bits per heavy atom. The smallest absolute Gasteiger partial charge is 0.148 e. The molecule has 0 bridgehead atoms. The van der Waals surface area contributed by atoms with Crippen LogP contribution in [0.4, 0.5) is 0 Å². The van der Waals surface area contributed by atoms with E-state index in [4.69, 9.17) is 16.3 Å². The molecule has 0 fully saturated rings. The van der Waals surface area contributed by atoms with Crippen molar-refractivity contribution >= 4 is 21.4 Å². The number of alkyl halides is 1. The van der Waals surface area contributed by atoms with Crippen molar-refractivity contribution in [2.45, 2.75) is 5.38 Å². The first kappa shape index (κ1) is 13.2. The van der Waals surface area contributed by atoms with Crippen LogP contribution in [0.5, 0.6) is 0 Å². The fourth-order valence-corrected chi connectivity index (χ4v) is 1.51. The second-order valence-electron chi connectivity index (χ2n) is 2.89. The number of sulfone groups is 1. The predicted molar refractivity (Wildman–Crippen MR) is 54.1 cm³/mol. The fraction of sp³-hybridized carbons (Fsp3) is 1.00. The molecule has 0 aliphatic heterocycles. The van der Waals surface area contributed by atoms with Crippen molar-refractivity contribution < 1.29 is 13.2 Å². The number of methoxy groups -OCH3 is 1. The summed E-state index contributed by atoms with van der Waals surface area (Å²) in [5.74, 6) is 0.142. The van der Waals surface area contributed by atoms with E-state index in [1.165, 1.54) is 6.26 Å². The van der Waals surface area contributed by atoms with Gasteiger partial charge in [-0.15, -0.1) is 11.6 Å². The van der Waals surface area contributed by atoms with Crippen molar-refractivity contribution in [3.8, 4) is 0 Å². The Morgan fingerprint density at radius 3 is 2.62 bits per heavy atom. The normalized spacial score (nSPS) is 14.4. The average molecular weight is 230 g/mol. The van der Waals surface area contributed by atoms with Gasteiger partial charge in [-0.2, -0.15) is 0 Å². The standard InChI is InChI=1S/C7H16ClNO3S/c1-12-6-7(8)5-9-3-4-13(2,10)11/h7,9H,3-6H2,1-2H3. The Hall–Kier alpha value is 0.160. The molecule has 1 unspecified atom stereocenters. The van der Waals surface area contributed by atoms with E-state index >= 15 is 0 Å². The molecule has 0 aromatic heterocycles. The van der Waals surface area contributed by atoms with E-state index < -0.39 is 9.84 Å². The minimum absolute atomic E-state index is 0.107. The van der Waals surface area contributed by atoms with Gasteiger partial charge in [-0.3, -0.25) is 0 Å². The highest BCUT2D eigenvalue weighted by atomic mass is 35.5. The lowest BCUT2D eigenvalue weighted by Crippen LogP contribution is -2.30. The van der Waals surface area contributed by atoms with E-state index in [2.05, 4.69) is 5.32 Å². The van der Waals surface area contributed by atoms with Gasteiger partial charge in [0.25, 0.3) is 0 Å². The van der Waals surface area contributed by atoms with Crippen molar-refractivity contribution in [1.29, 1.82) is 0 Å². The van der Waals surface area contributed by atoms with Gasteiger partial charge in [0.1, 0.15) is 9.84 Å². The second kappa shape index (κ2) is 6.59. The van der Waals surface area contributed by atoms with Gasteiger partial charge in [0.2, 0.25) is 0 Å². The summed E-state index contributed by atoms with van der Waals surface area (Å²) < 4.78 is 26.2. The summed E-state index contributed by atoms with van der Waals surface area (Å²) >= 11 is 5.79. The number of hydrogen-bond donors (Lipinski definition) is 1. The van der Waals surface area contributed by atoms with E-state index in [-0.39, 0.29) is 11.1 Å². The summed E-state index contributed by atoms with van der Waals surface area (Å²) in [6, 6.07) is 0. The minimum atomic E-state index is -2.87. The third kappa shape index (κ3) is 10.1. The molecule has 0 aromatic carbocycles. The SMILES string of the molecule is COCC(Cl)CNCCS(C)(=O)=O. The molecule has 80 valence electrons. The van der Waals surface area contributed by atoms with Gasteiger partial charge in [0, 0.05) is 26.5 Å². The van der Waals surface area contributed by atoms with Crippen LogP contribution in [0.15, 0.2) is 0 Å². The lowest BCUT2D eigenvalue weighted by atomic mass is 10.4. The second-order valence-corrected chi connectivity index (χ2v) is 5.76. The molecule has 0 aliphatic rings. The summed E-state index contributed by atoms with van der Waals surface area (Å²) in [4.78, 5) is 0. The van der Waals surface area contributed by atoms with Crippen LogP contribution < -0.4 is 5.32 Å². The van der Waals surface area contributed by atoms with E-state index in [1.54, 1.807) is 7.11 Å². The Bertz CT molecular complexity index is 218. The van der Waals surface area contributed by atoms with E-state index in [1.807, 2.05) is 0 Å². The molecule has 0 spiro atoms. The summed E-state index contributed by atoms with van der Waals surface area (Å²) in [6.45, 7) is 1.46. The molecule has 1 atom stereocenters. The van der Waals surface area contributed by atoms with E-state index in [0.717, 1.165) is 0 Å². The van der Waals surface area contributed by atoms with Crippen LogP contribution in [0, 0.1) is 0 Å². The summed E-state index contributed by atoms with van der Waals surface area (Å²) in [6.07, 6.45) is 1.21. The van der Waals surface area contributed by atoms with E-state index in [0.29, 0.717) is 19.7 Å². The predicted octanol–water partition coefficient (Wildman–Crippen LogP) is -0.126. The lowest BCUT2D eigenvalue weighted by Gasteiger charge is -2.08. The zero-order valence-corrected chi connectivity index (χ0v) is 9.49. The maximum atomic E-state index is 10.7. The van der Waals surface area contributed by atoms with Gasteiger partial charge in [-0.25, -0.2) is 8.42 Å². The summed E-state index contributed by atoms with van der Waals surface area (Å²) in [7, 11) is -1.30. The Balaban J connectivity index is 3.36. The van der Waals surface area contributed by atoms with E-state index in [9.17, 15) is 8.42 Å². The molecule has 0 amide bonds. The van der Waals surface area contributed by atoms with Gasteiger partial charge in [-0.05, 0) is 0 Å². The molecule has 13 heavy (non-hydrogen) atoms. The number of halogens is 1. The molecule has 0 aromatic rings. The van der Waals surface area contributed by atoms with Gasteiger partial charge in [0.05, 0.1) is 17.7 Å². The summed E-state index contributed by atoms with van der Waals surface area (Å²) in [5.41, 5.74) is 0.